The van der Waals surface area contributed by atoms with E-state index in [0.29, 0.717) is 6.04 Å². The van der Waals surface area contributed by atoms with Crippen LogP contribution in [0.5, 0.6) is 0 Å². The molecule has 0 radical (unpaired) electrons. The maximum Gasteiger partial charge on any atom is 0.152 e. The summed E-state index contributed by atoms with van der Waals surface area (Å²) in [5.74, 6) is 0.908. The van der Waals surface area contributed by atoms with E-state index >= 15 is 0 Å². The molecule has 1 N–H and O–H groups in total. The van der Waals surface area contributed by atoms with E-state index in [9.17, 15) is 5.11 Å². The summed E-state index contributed by atoms with van der Waals surface area (Å²) in [5.41, 5.74) is 4.72. The smallest absolute Gasteiger partial charge is 0.152 e. The molecule has 0 amide bonds. The lowest BCUT2D eigenvalue weighted by Crippen LogP contribution is -2.56. The zero-order valence-electron chi connectivity index (χ0n) is 17.1. The van der Waals surface area contributed by atoms with Gasteiger partial charge in [0, 0.05) is 50.7 Å². The third kappa shape index (κ3) is 3.06. The Balaban J connectivity index is 1.79. The third-order valence-corrected chi connectivity index (χ3v) is 6.05. The zero-order chi connectivity index (χ0) is 20.0. The molecule has 0 bridgehead atoms. The number of nitrogens with zero attached hydrogens (tertiary/aromatic N) is 5. The van der Waals surface area contributed by atoms with Crippen LogP contribution in [0.4, 0.5) is 11.5 Å². The van der Waals surface area contributed by atoms with Crippen molar-refractivity contribution < 1.29 is 5.11 Å². The molecule has 148 valence electrons. The predicted molar refractivity (Wildman–Crippen MR) is 114 cm³/mol. The van der Waals surface area contributed by atoms with Crippen LogP contribution in [0, 0.1) is 6.92 Å². The van der Waals surface area contributed by atoms with E-state index in [2.05, 4.69) is 54.3 Å². The van der Waals surface area contributed by atoms with E-state index < -0.39 is 6.23 Å². The summed E-state index contributed by atoms with van der Waals surface area (Å²) in [6, 6.07) is 6.59. The van der Waals surface area contributed by atoms with Crippen molar-refractivity contribution in [2.75, 3.05) is 36.5 Å². The summed E-state index contributed by atoms with van der Waals surface area (Å²) in [4.78, 5) is 16.0. The van der Waals surface area contributed by atoms with Gasteiger partial charge in [0.25, 0.3) is 0 Å². The average molecular weight is 380 g/mol. The second kappa shape index (κ2) is 7.18. The monoisotopic (exact) mass is 379 g/mol. The van der Waals surface area contributed by atoms with Crippen molar-refractivity contribution in [3.63, 3.8) is 0 Å². The Morgan fingerprint density at radius 3 is 2.75 bits per heavy atom. The van der Waals surface area contributed by atoms with Gasteiger partial charge in [-0.3, -0.25) is 9.88 Å². The van der Waals surface area contributed by atoms with Crippen LogP contribution in [0.3, 0.4) is 0 Å². The second-order valence-corrected chi connectivity index (χ2v) is 8.09. The summed E-state index contributed by atoms with van der Waals surface area (Å²) in [6.45, 7) is 13.4. The first-order valence-corrected chi connectivity index (χ1v) is 9.90. The number of hydrogen-bond acceptors (Lipinski definition) is 6. The average Bonchev–Trinajstić information content (AvgIpc) is 2.78. The van der Waals surface area contributed by atoms with Gasteiger partial charge in [-0.25, -0.2) is 4.98 Å². The summed E-state index contributed by atoms with van der Waals surface area (Å²) in [6.07, 6.45) is 2.95. The normalized spacial score (nSPS) is 22.9. The molecule has 2 aliphatic heterocycles. The fraction of sp³-hybridized carbons (Fsp3) is 0.455. The first-order valence-electron chi connectivity index (χ1n) is 9.90. The van der Waals surface area contributed by atoms with Crippen LogP contribution in [0.1, 0.15) is 19.4 Å². The number of aromatic nitrogens is 2. The number of pyridine rings is 2. The number of aliphatic hydroxyl groups is 1. The molecule has 1 fully saturated rings. The summed E-state index contributed by atoms with van der Waals surface area (Å²) in [7, 11) is 1.91. The molecule has 1 unspecified atom stereocenters. The fourth-order valence-electron chi connectivity index (χ4n) is 4.24. The lowest BCUT2D eigenvalue weighted by molar-refractivity contribution is 0.166. The SMILES string of the molecule is C=C1C(O)N(C)c2cc(-c3ncccc3C)cnc2N2CCN(C(C)C)C[C@@H]12. The van der Waals surface area contributed by atoms with E-state index in [1.54, 1.807) is 6.20 Å². The Morgan fingerprint density at radius 1 is 1.25 bits per heavy atom. The number of likely N-dealkylation sites (N-methyl/N-ethyl adjacent to an activating group) is 1. The summed E-state index contributed by atoms with van der Waals surface area (Å²) in [5, 5.41) is 11.0. The van der Waals surface area contributed by atoms with Crippen LogP contribution in [-0.4, -0.2) is 65.0 Å². The maximum absolute atomic E-state index is 11.0. The summed E-state index contributed by atoms with van der Waals surface area (Å²) < 4.78 is 0. The van der Waals surface area contributed by atoms with Crippen molar-refractivity contribution in [1.82, 2.24) is 14.9 Å². The molecule has 0 aromatic carbocycles. The number of hydrogen-bond donors (Lipinski definition) is 1. The highest BCUT2D eigenvalue weighted by Crippen LogP contribution is 2.39. The van der Waals surface area contributed by atoms with Gasteiger partial charge in [0.1, 0.15) is 0 Å². The molecular weight excluding hydrogens is 350 g/mol. The van der Waals surface area contributed by atoms with Crippen molar-refractivity contribution >= 4 is 11.5 Å². The van der Waals surface area contributed by atoms with Crippen LogP contribution >= 0.6 is 0 Å². The largest absolute Gasteiger partial charge is 0.370 e. The molecule has 28 heavy (non-hydrogen) atoms. The first kappa shape index (κ1) is 18.9. The number of aliphatic hydroxyl groups excluding tert-OH is 1. The molecule has 2 atom stereocenters. The molecule has 6 heteroatoms. The Hall–Kier alpha value is -2.44. The minimum absolute atomic E-state index is 0.0461. The van der Waals surface area contributed by atoms with Crippen molar-refractivity contribution in [3.8, 4) is 11.3 Å². The number of anilines is 2. The van der Waals surface area contributed by atoms with Crippen LogP contribution in [0.2, 0.25) is 0 Å². The minimum atomic E-state index is -0.747. The summed E-state index contributed by atoms with van der Waals surface area (Å²) >= 11 is 0. The van der Waals surface area contributed by atoms with Crippen LogP contribution in [0.25, 0.3) is 11.3 Å². The molecular formula is C22H29N5O. The lowest BCUT2D eigenvalue weighted by Gasteiger charge is -2.43. The molecule has 4 heterocycles. The molecule has 6 nitrogen and oxygen atoms in total. The molecule has 1 saturated heterocycles. The standard InChI is InChI=1S/C22H29N5O/c1-14(2)26-9-10-27-19(13-26)16(4)22(28)25(5)18-11-17(12-24-21(18)27)20-15(3)7-6-8-23-20/h6-8,11-12,14,19,22,28H,4,9-10,13H2,1-3,5H3/t19-,22?/m0/s1. The first-order chi connectivity index (χ1) is 13.4. The number of rotatable bonds is 2. The molecule has 2 aromatic heterocycles. The van der Waals surface area contributed by atoms with Crippen LogP contribution < -0.4 is 9.80 Å². The quantitative estimate of drug-likeness (QED) is 0.810. The van der Waals surface area contributed by atoms with Crippen molar-refractivity contribution in [2.45, 2.75) is 39.1 Å². The molecule has 0 saturated carbocycles. The van der Waals surface area contributed by atoms with E-state index in [0.717, 1.165) is 53.5 Å². The molecule has 4 rings (SSSR count). The minimum Gasteiger partial charge on any atom is -0.370 e. The molecule has 0 aliphatic carbocycles. The Bertz CT molecular complexity index is 896. The van der Waals surface area contributed by atoms with Gasteiger partial charge in [-0.15, -0.1) is 0 Å². The van der Waals surface area contributed by atoms with Crippen molar-refractivity contribution in [1.29, 1.82) is 0 Å². The van der Waals surface area contributed by atoms with E-state index in [1.807, 2.05) is 24.2 Å². The van der Waals surface area contributed by atoms with E-state index in [-0.39, 0.29) is 6.04 Å². The van der Waals surface area contributed by atoms with Gasteiger partial charge < -0.3 is 14.9 Å². The Labute approximate surface area is 167 Å². The number of piperazine rings is 1. The van der Waals surface area contributed by atoms with Crippen molar-refractivity contribution in [3.05, 3.63) is 48.3 Å². The van der Waals surface area contributed by atoms with Gasteiger partial charge in [-0.1, -0.05) is 12.6 Å². The topological polar surface area (TPSA) is 55.7 Å². The lowest BCUT2D eigenvalue weighted by atomic mass is 10.0. The van der Waals surface area contributed by atoms with Gasteiger partial charge in [-0.2, -0.15) is 0 Å². The van der Waals surface area contributed by atoms with E-state index in [4.69, 9.17) is 4.98 Å². The van der Waals surface area contributed by atoms with Gasteiger partial charge in [0.05, 0.1) is 17.4 Å². The Morgan fingerprint density at radius 2 is 2.04 bits per heavy atom. The highest BCUT2D eigenvalue weighted by molar-refractivity contribution is 5.77. The predicted octanol–water partition coefficient (Wildman–Crippen LogP) is 2.68. The van der Waals surface area contributed by atoms with Gasteiger partial charge in [0.2, 0.25) is 0 Å². The van der Waals surface area contributed by atoms with Gasteiger partial charge in [-0.05, 0) is 44.0 Å². The third-order valence-electron chi connectivity index (χ3n) is 6.05. The molecule has 2 aliphatic rings. The Kier molecular flexibility index (Phi) is 4.85. The maximum atomic E-state index is 11.0. The van der Waals surface area contributed by atoms with Crippen molar-refractivity contribution in [2.24, 2.45) is 0 Å². The fourth-order valence-corrected chi connectivity index (χ4v) is 4.24. The highest BCUT2D eigenvalue weighted by atomic mass is 16.3. The van der Waals surface area contributed by atoms with Gasteiger partial charge in [0.15, 0.2) is 12.0 Å². The number of aryl methyl sites for hydroxylation is 1. The van der Waals surface area contributed by atoms with Gasteiger partial charge >= 0.3 is 0 Å². The second-order valence-electron chi connectivity index (χ2n) is 8.09. The van der Waals surface area contributed by atoms with E-state index in [1.165, 1.54) is 0 Å². The number of fused-ring (bicyclic) bond motifs is 3. The highest BCUT2D eigenvalue weighted by Gasteiger charge is 2.39. The zero-order valence-corrected chi connectivity index (χ0v) is 17.1. The van der Waals surface area contributed by atoms with Crippen LogP contribution in [-0.2, 0) is 0 Å². The molecule has 2 aromatic rings. The van der Waals surface area contributed by atoms with Crippen LogP contribution in [0.15, 0.2) is 42.7 Å². The molecule has 0 spiro atoms.